The fraction of sp³-hybridized carbons (Fsp3) is 0.435. The Hall–Kier alpha value is -2.49. The molecule has 1 atom stereocenters. The number of ether oxygens (including phenoxy) is 3. The van der Waals surface area contributed by atoms with Crippen molar-refractivity contribution in [2.75, 3.05) is 6.61 Å². The molecule has 0 radical (unpaired) electrons. The van der Waals surface area contributed by atoms with Gasteiger partial charge in [-0.2, -0.15) is 0 Å². The summed E-state index contributed by atoms with van der Waals surface area (Å²) < 4.78 is 16.7. The van der Waals surface area contributed by atoms with Crippen molar-refractivity contribution in [2.24, 2.45) is 0 Å². The summed E-state index contributed by atoms with van der Waals surface area (Å²) in [6.45, 7) is 4.69. The summed E-state index contributed by atoms with van der Waals surface area (Å²) in [4.78, 5) is 11.6. The molecule has 4 nitrogen and oxygen atoms in total. The van der Waals surface area contributed by atoms with Crippen LogP contribution in [0.4, 0.5) is 0 Å². The summed E-state index contributed by atoms with van der Waals surface area (Å²) in [5.41, 5.74) is 2.08. The Morgan fingerprint density at radius 1 is 0.889 bits per heavy atom. The summed E-state index contributed by atoms with van der Waals surface area (Å²) in [5, 5.41) is 0. The molecule has 4 heteroatoms. The van der Waals surface area contributed by atoms with Gasteiger partial charge < -0.3 is 14.2 Å². The van der Waals surface area contributed by atoms with Crippen LogP contribution >= 0.6 is 0 Å². The zero-order valence-electron chi connectivity index (χ0n) is 16.2. The van der Waals surface area contributed by atoms with E-state index < -0.39 is 6.10 Å². The largest absolute Gasteiger partial charge is 0.494 e. The molecule has 1 aliphatic rings. The highest BCUT2D eigenvalue weighted by atomic mass is 16.6. The van der Waals surface area contributed by atoms with Gasteiger partial charge in [0.15, 0.2) is 17.6 Å². The molecule has 0 saturated carbocycles. The highest BCUT2D eigenvalue weighted by Gasteiger charge is 2.26. The molecule has 27 heavy (non-hydrogen) atoms. The predicted molar refractivity (Wildman–Crippen MR) is 106 cm³/mol. The van der Waals surface area contributed by atoms with Crippen LogP contribution in [0, 0.1) is 0 Å². The number of carbonyl (C=O) groups excluding carboxylic acids is 1. The van der Waals surface area contributed by atoms with Crippen molar-refractivity contribution in [3.63, 3.8) is 0 Å². The van der Waals surface area contributed by atoms with E-state index in [1.54, 1.807) is 13.0 Å². The Labute approximate surface area is 161 Å². The molecule has 0 bridgehead atoms. The SMILES string of the molecule is CCCCCCCCOc1ccc(-c2ccc3c(c2)O[C@@H](C)C(=O)O3)cc1. The van der Waals surface area contributed by atoms with Crippen LogP contribution < -0.4 is 14.2 Å². The van der Waals surface area contributed by atoms with Gasteiger partial charge in [0.2, 0.25) is 0 Å². The minimum absolute atomic E-state index is 0.359. The van der Waals surface area contributed by atoms with Crippen LogP contribution in [-0.2, 0) is 4.79 Å². The van der Waals surface area contributed by atoms with E-state index >= 15 is 0 Å². The van der Waals surface area contributed by atoms with Crippen LogP contribution in [0.3, 0.4) is 0 Å². The van der Waals surface area contributed by atoms with Gasteiger partial charge in [-0.1, -0.05) is 57.2 Å². The number of rotatable bonds is 9. The molecule has 3 rings (SSSR count). The Balaban J connectivity index is 1.53. The third kappa shape index (κ3) is 5.25. The van der Waals surface area contributed by atoms with E-state index in [1.165, 1.54) is 32.1 Å². The molecule has 0 unspecified atom stereocenters. The highest BCUT2D eigenvalue weighted by Crippen LogP contribution is 2.36. The molecule has 2 aromatic carbocycles. The van der Waals surface area contributed by atoms with E-state index in [1.807, 2.05) is 36.4 Å². The highest BCUT2D eigenvalue weighted by molar-refractivity contribution is 5.81. The number of unbranched alkanes of at least 4 members (excludes halogenated alkanes) is 5. The molecular formula is C23H28O4. The van der Waals surface area contributed by atoms with Gasteiger partial charge in [-0.25, -0.2) is 4.79 Å². The van der Waals surface area contributed by atoms with Crippen molar-refractivity contribution in [2.45, 2.75) is 58.5 Å². The van der Waals surface area contributed by atoms with Crippen molar-refractivity contribution in [3.05, 3.63) is 42.5 Å². The van der Waals surface area contributed by atoms with Gasteiger partial charge in [0.1, 0.15) is 5.75 Å². The Kier molecular flexibility index (Phi) is 6.74. The second kappa shape index (κ2) is 9.45. The summed E-state index contributed by atoms with van der Waals surface area (Å²) in [6.07, 6.45) is 6.99. The number of benzene rings is 2. The average molecular weight is 368 g/mol. The molecule has 1 aliphatic heterocycles. The first-order valence-electron chi connectivity index (χ1n) is 9.93. The minimum Gasteiger partial charge on any atom is -0.494 e. The predicted octanol–water partition coefficient (Wildman–Crippen LogP) is 5.78. The molecule has 2 aromatic rings. The van der Waals surface area contributed by atoms with Gasteiger partial charge in [-0.05, 0) is 48.7 Å². The van der Waals surface area contributed by atoms with Crippen molar-refractivity contribution >= 4 is 5.97 Å². The molecule has 0 spiro atoms. The third-order valence-electron chi connectivity index (χ3n) is 4.74. The quantitative estimate of drug-likeness (QED) is 0.320. The zero-order valence-corrected chi connectivity index (χ0v) is 16.2. The summed E-state index contributed by atoms with van der Waals surface area (Å²) in [6, 6.07) is 13.7. The first-order chi connectivity index (χ1) is 13.2. The first kappa shape index (κ1) is 19.3. The van der Waals surface area contributed by atoms with Gasteiger partial charge in [0.05, 0.1) is 6.61 Å². The van der Waals surface area contributed by atoms with E-state index in [4.69, 9.17) is 14.2 Å². The summed E-state index contributed by atoms with van der Waals surface area (Å²) in [5.74, 6) is 1.61. The van der Waals surface area contributed by atoms with Crippen LogP contribution in [0.25, 0.3) is 11.1 Å². The minimum atomic E-state index is -0.578. The van der Waals surface area contributed by atoms with E-state index in [0.29, 0.717) is 11.5 Å². The Bertz CT molecular complexity index is 751. The molecule has 0 aromatic heterocycles. The van der Waals surface area contributed by atoms with Crippen LogP contribution in [0.1, 0.15) is 52.4 Å². The van der Waals surface area contributed by atoms with Crippen LogP contribution in [0.15, 0.2) is 42.5 Å². The second-order valence-corrected chi connectivity index (χ2v) is 6.98. The van der Waals surface area contributed by atoms with Crippen LogP contribution in [0.5, 0.6) is 17.2 Å². The van der Waals surface area contributed by atoms with Gasteiger partial charge >= 0.3 is 5.97 Å². The van der Waals surface area contributed by atoms with Crippen molar-refractivity contribution in [1.82, 2.24) is 0 Å². The maximum Gasteiger partial charge on any atom is 0.352 e. The zero-order chi connectivity index (χ0) is 19.1. The van der Waals surface area contributed by atoms with E-state index in [0.717, 1.165) is 29.9 Å². The third-order valence-corrected chi connectivity index (χ3v) is 4.74. The lowest BCUT2D eigenvalue weighted by Gasteiger charge is -2.22. The lowest BCUT2D eigenvalue weighted by Crippen LogP contribution is -2.32. The van der Waals surface area contributed by atoms with Crippen molar-refractivity contribution < 1.29 is 19.0 Å². The fourth-order valence-corrected chi connectivity index (χ4v) is 3.11. The monoisotopic (exact) mass is 368 g/mol. The molecule has 0 amide bonds. The molecule has 0 saturated heterocycles. The second-order valence-electron chi connectivity index (χ2n) is 6.98. The number of hydrogen-bond donors (Lipinski definition) is 0. The van der Waals surface area contributed by atoms with Crippen LogP contribution in [-0.4, -0.2) is 18.7 Å². The molecule has 0 fully saturated rings. The molecule has 1 heterocycles. The van der Waals surface area contributed by atoms with E-state index in [2.05, 4.69) is 6.92 Å². The Morgan fingerprint density at radius 3 is 2.37 bits per heavy atom. The summed E-state index contributed by atoms with van der Waals surface area (Å²) in [7, 11) is 0. The molecule has 0 N–H and O–H groups in total. The number of hydrogen-bond acceptors (Lipinski definition) is 4. The van der Waals surface area contributed by atoms with Crippen LogP contribution in [0.2, 0.25) is 0 Å². The number of esters is 1. The first-order valence-corrected chi connectivity index (χ1v) is 9.93. The summed E-state index contributed by atoms with van der Waals surface area (Å²) >= 11 is 0. The maximum atomic E-state index is 11.6. The van der Waals surface area contributed by atoms with Crippen molar-refractivity contribution in [1.29, 1.82) is 0 Å². The van der Waals surface area contributed by atoms with Gasteiger partial charge in [-0.3, -0.25) is 0 Å². The Morgan fingerprint density at radius 2 is 1.59 bits per heavy atom. The van der Waals surface area contributed by atoms with E-state index in [9.17, 15) is 4.79 Å². The molecule has 0 aliphatic carbocycles. The standard InChI is InChI=1S/C23H28O4/c1-3-4-5-6-7-8-15-25-20-12-9-18(10-13-20)19-11-14-21-22(16-19)26-17(2)23(24)27-21/h9-14,16-17H,3-8,15H2,1-2H3/t17-/m0/s1. The number of fused-ring (bicyclic) bond motifs is 1. The smallest absolute Gasteiger partial charge is 0.352 e. The van der Waals surface area contributed by atoms with Gasteiger partial charge in [0.25, 0.3) is 0 Å². The maximum absolute atomic E-state index is 11.6. The molecule has 144 valence electrons. The molecular weight excluding hydrogens is 340 g/mol. The van der Waals surface area contributed by atoms with Crippen molar-refractivity contribution in [3.8, 4) is 28.4 Å². The topological polar surface area (TPSA) is 44.8 Å². The normalized spacial score (nSPS) is 15.6. The van der Waals surface area contributed by atoms with Gasteiger partial charge in [-0.15, -0.1) is 0 Å². The fourth-order valence-electron chi connectivity index (χ4n) is 3.11. The lowest BCUT2D eigenvalue weighted by molar-refractivity contribution is -0.144. The van der Waals surface area contributed by atoms with E-state index in [-0.39, 0.29) is 5.97 Å². The lowest BCUT2D eigenvalue weighted by atomic mass is 10.0. The average Bonchev–Trinajstić information content (AvgIpc) is 2.68. The number of carbonyl (C=O) groups is 1. The van der Waals surface area contributed by atoms with Gasteiger partial charge in [0, 0.05) is 0 Å².